The maximum Gasteiger partial charge on any atom is 0.330 e. The number of carboxylic acid groups (broad SMARTS) is 1. The predicted molar refractivity (Wildman–Crippen MR) is 82.3 cm³/mol. The van der Waals surface area contributed by atoms with Gasteiger partial charge < -0.3 is 15.5 Å². The molecule has 3 rings (SSSR count). The average molecular weight is 323 g/mol. The van der Waals surface area contributed by atoms with Crippen LogP contribution >= 0.6 is 0 Å². The van der Waals surface area contributed by atoms with E-state index in [4.69, 9.17) is 5.26 Å². The van der Waals surface area contributed by atoms with Gasteiger partial charge in [-0.2, -0.15) is 5.26 Å². The minimum absolute atomic E-state index is 0.0620. The number of hydrogen-bond acceptors (Lipinski definition) is 5. The molecule has 0 aliphatic heterocycles. The molecule has 1 aromatic heterocycles. The van der Waals surface area contributed by atoms with Gasteiger partial charge in [-0.3, -0.25) is 4.79 Å². The van der Waals surface area contributed by atoms with Crippen LogP contribution in [0.5, 0.6) is 5.75 Å². The number of rotatable bonds is 3. The van der Waals surface area contributed by atoms with Gasteiger partial charge in [-0.1, -0.05) is 6.07 Å². The fraction of sp³-hybridized carbons (Fsp3) is 0.176. The van der Waals surface area contributed by atoms with Crippen molar-refractivity contribution in [3.8, 4) is 11.8 Å². The highest BCUT2D eigenvalue weighted by Crippen LogP contribution is 2.32. The van der Waals surface area contributed by atoms with Gasteiger partial charge in [0.15, 0.2) is 5.69 Å². The van der Waals surface area contributed by atoms with E-state index < -0.39 is 17.4 Å². The maximum atomic E-state index is 12.4. The van der Waals surface area contributed by atoms with Gasteiger partial charge in [0.2, 0.25) is 0 Å². The van der Waals surface area contributed by atoms with E-state index in [1.165, 1.54) is 18.3 Å². The van der Waals surface area contributed by atoms with Crippen LogP contribution in [0.4, 0.5) is 0 Å². The minimum Gasteiger partial charge on any atom is -0.505 e. The van der Waals surface area contributed by atoms with Crippen molar-refractivity contribution >= 4 is 11.9 Å². The van der Waals surface area contributed by atoms with Gasteiger partial charge in [-0.05, 0) is 35.4 Å². The first-order chi connectivity index (χ1) is 11.4. The summed E-state index contributed by atoms with van der Waals surface area (Å²) in [7, 11) is 0. The second-order valence-electron chi connectivity index (χ2n) is 5.66. The average Bonchev–Trinajstić information content (AvgIpc) is 2.93. The Kier molecular flexibility index (Phi) is 3.66. The zero-order valence-electron chi connectivity index (χ0n) is 12.5. The number of hydrogen-bond donors (Lipinski definition) is 3. The van der Waals surface area contributed by atoms with Crippen molar-refractivity contribution in [1.82, 2.24) is 10.3 Å². The van der Waals surface area contributed by atoms with Crippen molar-refractivity contribution in [2.75, 3.05) is 0 Å². The number of aromatic hydroxyl groups is 1. The molecule has 1 unspecified atom stereocenters. The number of carbonyl (C=O) groups excluding carboxylic acids is 1. The van der Waals surface area contributed by atoms with Gasteiger partial charge in [-0.15, -0.1) is 0 Å². The number of pyridine rings is 1. The van der Waals surface area contributed by atoms with Gasteiger partial charge in [-0.25, -0.2) is 9.78 Å². The lowest BCUT2D eigenvalue weighted by molar-refractivity contribution is -0.144. The van der Waals surface area contributed by atoms with Crippen molar-refractivity contribution < 1.29 is 19.8 Å². The Bertz CT molecular complexity index is 888. The largest absolute Gasteiger partial charge is 0.505 e. The number of aliphatic carboxylic acids is 1. The molecule has 1 amide bonds. The Labute approximate surface area is 137 Å². The van der Waals surface area contributed by atoms with Crippen LogP contribution < -0.4 is 5.32 Å². The number of benzene rings is 1. The van der Waals surface area contributed by atoms with Crippen LogP contribution in [-0.2, 0) is 17.6 Å². The second-order valence-corrected chi connectivity index (χ2v) is 5.66. The first kappa shape index (κ1) is 15.5. The highest BCUT2D eigenvalue weighted by molar-refractivity contribution is 5.98. The summed E-state index contributed by atoms with van der Waals surface area (Å²) in [5.41, 5.74) is 0.150. The summed E-state index contributed by atoms with van der Waals surface area (Å²) in [5, 5.41) is 30.8. The van der Waals surface area contributed by atoms with E-state index in [1.54, 1.807) is 18.2 Å². The molecule has 1 aliphatic rings. The number of nitrogens with one attached hydrogen (secondary N) is 1. The molecule has 120 valence electrons. The van der Waals surface area contributed by atoms with Gasteiger partial charge >= 0.3 is 5.97 Å². The van der Waals surface area contributed by atoms with Crippen molar-refractivity contribution in [2.45, 2.75) is 18.4 Å². The number of carbonyl (C=O) groups is 2. The molecular weight excluding hydrogens is 310 g/mol. The molecule has 2 aromatic rings. The Hall–Kier alpha value is -3.40. The zero-order valence-corrected chi connectivity index (χ0v) is 12.5. The van der Waals surface area contributed by atoms with Crippen LogP contribution in [0.2, 0.25) is 0 Å². The van der Waals surface area contributed by atoms with Crippen molar-refractivity contribution in [3.05, 3.63) is 58.9 Å². The SMILES string of the molecule is N#Cc1ccc2c(c1)CC(NC(=O)c1ncccc1O)(C(=O)O)C2. The third-order valence-corrected chi connectivity index (χ3v) is 4.08. The smallest absolute Gasteiger partial charge is 0.330 e. The summed E-state index contributed by atoms with van der Waals surface area (Å²) in [6.07, 6.45) is 1.50. The van der Waals surface area contributed by atoms with E-state index in [0.29, 0.717) is 11.1 Å². The minimum atomic E-state index is -1.53. The maximum absolute atomic E-state index is 12.4. The number of amides is 1. The molecule has 1 aromatic carbocycles. The summed E-state index contributed by atoms with van der Waals surface area (Å²) in [4.78, 5) is 28.0. The standard InChI is InChI=1S/C17H13N3O4/c18-9-10-3-4-11-7-17(16(23)24,8-12(11)6-10)20-15(22)14-13(21)2-1-5-19-14/h1-6,21H,7-8H2,(H,20,22)(H,23,24). The van der Waals surface area contributed by atoms with Crippen LogP contribution in [0.25, 0.3) is 0 Å². The molecule has 0 saturated carbocycles. The summed E-state index contributed by atoms with van der Waals surface area (Å²) in [6.45, 7) is 0. The summed E-state index contributed by atoms with van der Waals surface area (Å²) in [5.74, 6) is -2.26. The van der Waals surface area contributed by atoms with E-state index in [9.17, 15) is 19.8 Å². The highest BCUT2D eigenvalue weighted by Gasteiger charge is 2.46. The third kappa shape index (κ3) is 2.54. The molecule has 1 heterocycles. The molecule has 1 aliphatic carbocycles. The molecule has 0 fully saturated rings. The van der Waals surface area contributed by atoms with E-state index in [-0.39, 0.29) is 24.3 Å². The van der Waals surface area contributed by atoms with E-state index >= 15 is 0 Å². The van der Waals surface area contributed by atoms with Crippen molar-refractivity contribution in [3.63, 3.8) is 0 Å². The molecule has 1 atom stereocenters. The fourth-order valence-electron chi connectivity index (χ4n) is 2.89. The van der Waals surface area contributed by atoms with Crippen LogP contribution in [-0.4, -0.2) is 32.6 Å². The zero-order chi connectivity index (χ0) is 17.3. The Balaban J connectivity index is 1.92. The van der Waals surface area contributed by atoms with Gasteiger partial charge in [0.05, 0.1) is 11.6 Å². The van der Waals surface area contributed by atoms with Crippen molar-refractivity contribution in [1.29, 1.82) is 5.26 Å². The number of nitrogens with zero attached hydrogens (tertiary/aromatic N) is 2. The molecular formula is C17H13N3O4. The first-order valence-corrected chi connectivity index (χ1v) is 7.17. The Morgan fingerprint density at radius 2 is 2.00 bits per heavy atom. The molecule has 0 bridgehead atoms. The van der Waals surface area contributed by atoms with Gasteiger partial charge in [0.25, 0.3) is 5.91 Å². The summed E-state index contributed by atoms with van der Waals surface area (Å²) < 4.78 is 0. The molecule has 7 nitrogen and oxygen atoms in total. The molecule has 3 N–H and O–H groups in total. The van der Waals surface area contributed by atoms with E-state index in [0.717, 1.165) is 5.56 Å². The van der Waals surface area contributed by atoms with Gasteiger partial charge in [0, 0.05) is 19.0 Å². The lowest BCUT2D eigenvalue weighted by Crippen LogP contribution is -2.55. The summed E-state index contributed by atoms with van der Waals surface area (Å²) in [6, 6.07) is 9.72. The lowest BCUT2D eigenvalue weighted by atomic mass is 9.95. The van der Waals surface area contributed by atoms with Crippen LogP contribution in [0.15, 0.2) is 36.5 Å². The number of nitriles is 1. The number of aromatic nitrogens is 1. The van der Waals surface area contributed by atoms with E-state index in [2.05, 4.69) is 10.3 Å². The Morgan fingerprint density at radius 3 is 2.67 bits per heavy atom. The summed E-state index contributed by atoms with van der Waals surface area (Å²) >= 11 is 0. The van der Waals surface area contributed by atoms with Crippen LogP contribution in [0.3, 0.4) is 0 Å². The molecule has 0 spiro atoms. The predicted octanol–water partition coefficient (Wildman–Crippen LogP) is 1.01. The van der Waals surface area contributed by atoms with E-state index in [1.807, 2.05) is 6.07 Å². The number of carboxylic acids is 1. The molecule has 0 saturated heterocycles. The topological polar surface area (TPSA) is 123 Å². The van der Waals surface area contributed by atoms with Crippen molar-refractivity contribution in [2.24, 2.45) is 0 Å². The second kappa shape index (κ2) is 5.66. The monoisotopic (exact) mass is 323 g/mol. The Morgan fingerprint density at radius 1 is 1.25 bits per heavy atom. The molecule has 24 heavy (non-hydrogen) atoms. The first-order valence-electron chi connectivity index (χ1n) is 7.17. The van der Waals surface area contributed by atoms with Crippen LogP contribution in [0.1, 0.15) is 27.2 Å². The van der Waals surface area contributed by atoms with Crippen LogP contribution in [0, 0.1) is 11.3 Å². The molecule has 0 radical (unpaired) electrons. The highest BCUT2D eigenvalue weighted by atomic mass is 16.4. The third-order valence-electron chi connectivity index (χ3n) is 4.08. The van der Waals surface area contributed by atoms with Gasteiger partial charge in [0.1, 0.15) is 11.3 Å². The fourth-order valence-corrected chi connectivity index (χ4v) is 2.89. The lowest BCUT2D eigenvalue weighted by Gasteiger charge is -2.25. The normalized spacial score (nSPS) is 18.5. The molecule has 7 heteroatoms. The quantitative estimate of drug-likeness (QED) is 0.774. The number of fused-ring (bicyclic) bond motifs is 1.